The fourth-order valence-corrected chi connectivity index (χ4v) is 3.42. The first-order valence-electron chi connectivity index (χ1n) is 6.81. The van der Waals surface area contributed by atoms with E-state index in [1.807, 2.05) is 0 Å². The topological polar surface area (TPSA) is 104 Å². The molecule has 0 spiro atoms. The summed E-state index contributed by atoms with van der Waals surface area (Å²) >= 11 is 1.24. The van der Waals surface area contributed by atoms with Gasteiger partial charge in [-0.05, 0) is 19.4 Å². The zero-order valence-corrected chi connectivity index (χ0v) is 13.0. The molecule has 3 aromatic heterocycles. The van der Waals surface area contributed by atoms with Crippen LogP contribution in [0.5, 0.6) is 0 Å². The molecule has 3 rings (SSSR count). The van der Waals surface area contributed by atoms with Gasteiger partial charge in [-0.1, -0.05) is 0 Å². The van der Waals surface area contributed by atoms with Crippen molar-refractivity contribution >= 4 is 27.5 Å². The molecule has 22 heavy (non-hydrogen) atoms. The van der Waals surface area contributed by atoms with Crippen LogP contribution in [0.15, 0.2) is 17.3 Å². The van der Waals surface area contributed by atoms with Crippen molar-refractivity contribution in [2.24, 2.45) is 0 Å². The van der Waals surface area contributed by atoms with Crippen LogP contribution in [0, 0.1) is 13.8 Å². The van der Waals surface area contributed by atoms with E-state index in [2.05, 4.69) is 25.3 Å². The van der Waals surface area contributed by atoms with Crippen LogP contribution in [0.25, 0.3) is 10.2 Å². The normalized spacial score (nSPS) is 11.0. The molecule has 7 nitrogen and oxygen atoms in total. The maximum absolute atomic E-state index is 12.3. The summed E-state index contributed by atoms with van der Waals surface area (Å²) in [7, 11) is 0. The molecule has 0 bridgehead atoms. The molecule has 0 radical (unpaired) electrons. The molecule has 1 amide bonds. The van der Waals surface area contributed by atoms with Gasteiger partial charge in [-0.15, -0.1) is 11.3 Å². The Kier molecular flexibility index (Phi) is 3.76. The van der Waals surface area contributed by atoms with Gasteiger partial charge in [0.25, 0.3) is 11.5 Å². The molecule has 0 aliphatic rings. The summed E-state index contributed by atoms with van der Waals surface area (Å²) in [4.78, 5) is 39.3. The monoisotopic (exact) mass is 317 g/mol. The third-order valence-corrected chi connectivity index (χ3v) is 4.54. The molecule has 3 aromatic rings. The third kappa shape index (κ3) is 2.64. The lowest BCUT2D eigenvalue weighted by atomic mass is 10.2. The Morgan fingerprint density at radius 2 is 2.23 bits per heavy atom. The molecule has 0 atom stereocenters. The van der Waals surface area contributed by atoms with E-state index in [4.69, 9.17) is 0 Å². The summed E-state index contributed by atoms with van der Waals surface area (Å²) in [6.07, 6.45) is 4.00. The van der Waals surface area contributed by atoms with Crippen molar-refractivity contribution in [2.45, 2.75) is 20.3 Å². The van der Waals surface area contributed by atoms with E-state index in [1.165, 1.54) is 11.3 Å². The lowest BCUT2D eigenvalue weighted by molar-refractivity contribution is 0.0957. The Morgan fingerprint density at radius 1 is 1.41 bits per heavy atom. The SMILES string of the molecule is Cc1nc2sc(C(=O)NCCc3cnc[nH]3)c(C)c2c(=O)[nH]1. The average Bonchev–Trinajstić information content (AvgIpc) is 3.06. The average molecular weight is 317 g/mol. The van der Waals surface area contributed by atoms with E-state index in [9.17, 15) is 9.59 Å². The number of imidazole rings is 1. The largest absolute Gasteiger partial charge is 0.351 e. The zero-order chi connectivity index (χ0) is 15.7. The summed E-state index contributed by atoms with van der Waals surface area (Å²) in [6, 6.07) is 0. The summed E-state index contributed by atoms with van der Waals surface area (Å²) in [5.74, 6) is 0.363. The van der Waals surface area contributed by atoms with Crippen molar-refractivity contribution < 1.29 is 4.79 Å². The first-order valence-corrected chi connectivity index (χ1v) is 7.63. The van der Waals surface area contributed by atoms with E-state index < -0.39 is 0 Å². The highest BCUT2D eigenvalue weighted by Crippen LogP contribution is 2.26. The number of hydrogen-bond donors (Lipinski definition) is 3. The van der Waals surface area contributed by atoms with Crippen molar-refractivity contribution in [3.63, 3.8) is 0 Å². The smallest absolute Gasteiger partial charge is 0.261 e. The van der Waals surface area contributed by atoms with E-state index in [0.29, 0.717) is 39.4 Å². The lowest BCUT2D eigenvalue weighted by Gasteiger charge is -2.03. The van der Waals surface area contributed by atoms with Gasteiger partial charge in [-0.3, -0.25) is 9.59 Å². The Balaban J connectivity index is 1.80. The van der Waals surface area contributed by atoms with Crippen molar-refractivity contribution in [2.75, 3.05) is 6.54 Å². The molecular weight excluding hydrogens is 302 g/mol. The van der Waals surface area contributed by atoms with Crippen molar-refractivity contribution in [3.8, 4) is 0 Å². The Bertz CT molecular complexity index is 879. The second kappa shape index (κ2) is 5.72. The van der Waals surface area contributed by atoms with Crippen LogP contribution in [-0.4, -0.2) is 32.4 Å². The number of amides is 1. The molecule has 0 fully saturated rings. The molecule has 0 aliphatic carbocycles. The van der Waals surface area contributed by atoms with Crippen LogP contribution in [0.4, 0.5) is 0 Å². The number of nitrogens with zero attached hydrogens (tertiary/aromatic N) is 2. The van der Waals surface area contributed by atoms with Crippen LogP contribution in [-0.2, 0) is 6.42 Å². The van der Waals surface area contributed by atoms with Crippen molar-refractivity contribution in [3.05, 3.63) is 44.8 Å². The molecule has 0 aliphatic heterocycles. The minimum Gasteiger partial charge on any atom is -0.351 e. The van der Waals surface area contributed by atoms with Crippen LogP contribution >= 0.6 is 11.3 Å². The fraction of sp³-hybridized carbons (Fsp3) is 0.286. The van der Waals surface area contributed by atoms with Crippen molar-refractivity contribution in [1.29, 1.82) is 0 Å². The molecule has 3 N–H and O–H groups in total. The number of carbonyl (C=O) groups excluding carboxylic acids is 1. The quantitative estimate of drug-likeness (QED) is 0.674. The highest BCUT2D eigenvalue weighted by Gasteiger charge is 2.18. The number of rotatable bonds is 4. The molecule has 0 saturated carbocycles. The Hall–Kier alpha value is -2.48. The Morgan fingerprint density at radius 3 is 2.95 bits per heavy atom. The van der Waals surface area contributed by atoms with Gasteiger partial charge in [-0.25, -0.2) is 9.97 Å². The minimum atomic E-state index is -0.201. The predicted octanol–water partition coefficient (Wildman–Crippen LogP) is 1.30. The number of H-pyrrole nitrogens is 2. The van der Waals surface area contributed by atoms with Gasteiger partial charge in [0.15, 0.2) is 0 Å². The van der Waals surface area contributed by atoms with Gasteiger partial charge < -0.3 is 15.3 Å². The number of aromatic amines is 2. The number of aryl methyl sites for hydroxylation is 2. The summed E-state index contributed by atoms with van der Waals surface area (Å²) in [6.45, 7) is 3.99. The Labute approximate surface area is 129 Å². The highest BCUT2D eigenvalue weighted by atomic mass is 32.1. The van der Waals surface area contributed by atoms with Gasteiger partial charge >= 0.3 is 0 Å². The molecule has 3 heterocycles. The molecule has 114 valence electrons. The van der Waals surface area contributed by atoms with Gasteiger partial charge in [0.1, 0.15) is 10.7 Å². The molecular formula is C14H15N5O2S. The highest BCUT2D eigenvalue weighted by molar-refractivity contribution is 7.20. The van der Waals surface area contributed by atoms with Gasteiger partial charge in [-0.2, -0.15) is 0 Å². The van der Waals surface area contributed by atoms with E-state index >= 15 is 0 Å². The first kappa shape index (κ1) is 14.5. The second-order valence-electron chi connectivity index (χ2n) is 4.97. The van der Waals surface area contributed by atoms with Crippen LogP contribution in [0.2, 0.25) is 0 Å². The van der Waals surface area contributed by atoms with Crippen LogP contribution in [0.1, 0.15) is 26.8 Å². The van der Waals surface area contributed by atoms with E-state index in [1.54, 1.807) is 26.4 Å². The second-order valence-corrected chi connectivity index (χ2v) is 5.97. The number of hydrogen-bond acceptors (Lipinski definition) is 5. The third-order valence-electron chi connectivity index (χ3n) is 3.36. The number of carbonyl (C=O) groups is 1. The van der Waals surface area contributed by atoms with Gasteiger partial charge in [0.2, 0.25) is 0 Å². The number of aromatic nitrogens is 4. The zero-order valence-electron chi connectivity index (χ0n) is 12.2. The first-order chi connectivity index (χ1) is 10.6. The summed E-state index contributed by atoms with van der Waals surface area (Å²) in [5, 5.41) is 3.35. The summed E-state index contributed by atoms with van der Waals surface area (Å²) in [5.41, 5.74) is 1.43. The van der Waals surface area contributed by atoms with Gasteiger partial charge in [0.05, 0.1) is 16.6 Å². The van der Waals surface area contributed by atoms with E-state index in [0.717, 1.165) is 5.69 Å². The number of fused-ring (bicyclic) bond motifs is 1. The lowest BCUT2D eigenvalue weighted by Crippen LogP contribution is -2.25. The standard InChI is InChI=1S/C14H15N5O2S/c1-7-10-12(20)18-8(2)19-14(10)22-11(7)13(21)16-4-3-9-5-15-6-17-9/h5-6H,3-4H2,1-2H3,(H,15,17)(H,16,21)(H,18,19,20). The molecule has 0 unspecified atom stereocenters. The fourth-order valence-electron chi connectivity index (χ4n) is 2.28. The molecule has 0 saturated heterocycles. The van der Waals surface area contributed by atoms with Crippen LogP contribution in [0.3, 0.4) is 0 Å². The number of nitrogens with one attached hydrogen (secondary N) is 3. The molecule has 8 heteroatoms. The maximum Gasteiger partial charge on any atom is 0.261 e. The summed E-state index contributed by atoms with van der Waals surface area (Å²) < 4.78 is 0. The predicted molar refractivity (Wildman–Crippen MR) is 84.3 cm³/mol. The number of thiophene rings is 1. The van der Waals surface area contributed by atoms with Crippen molar-refractivity contribution in [1.82, 2.24) is 25.3 Å². The molecule has 0 aromatic carbocycles. The van der Waals surface area contributed by atoms with Gasteiger partial charge in [0, 0.05) is 24.9 Å². The van der Waals surface area contributed by atoms with Crippen LogP contribution < -0.4 is 10.9 Å². The van der Waals surface area contributed by atoms with E-state index in [-0.39, 0.29) is 11.5 Å². The maximum atomic E-state index is 12.3. The minimum absolute atomic E-state index is 0.183.